The molecule has 0 saturated heterocycles. The van der Waals surface area contributed by atoms with Crippen LogP contribution >= 0.6 is 0 Å². The largest absolute Gasteiger partial charge is 0.477 e. The molecule has 0 bridgehead atoms. The Morgan fingerprint density at radius 1 is 1.43 bits per heavy atom. The summed E-state index contributed by atoms with van der Waals surface area (Å²) in [7, 11) is 1.34. The number of aromatic carboxylic acids is 2. The second-order valence-corrected chi connectivity index (χ2v) is 2.47. The number of nitrogens with one attached hydrogen (secondary N) is 1. The summed E-state index contributed by atoms with van der Waals surface area (Å²) >= 11 is 0. The van der Waals surface area contributed by atoms with Crippen LogP contribution in [0.4, 0.5) is 0 Å². The van der Waals surface area contributed by atoms with Crippen LogP contribution in [0.1, 0.15) is 26.5 Å². The molecule has 0 aliphatic rings. The topological polar surface area (TPSA) is 113 Å². The minimum absolute atomic E-state index is 0.0347. The minimum atomic E-state index is -1.29. The zero-order chi connectivity index (χ0) is 10.7. The molecule has 0 radical (unpaired) electrons. The SMILES string of the molecule is COCc1c(C(=O)O)n[nH]c1C(=O)O. The molecule has 0 aromatic carbocycles. The van der Waals surface area contributed by atoms with Gasteiger partial charge in [0.25, 0.3) is 0 Å². The van der Waals surface area contributed by atoms with E-state index in [-0.39, 0.29) is 23.6 Å². The molecule has 0 atom stereocenters. The van der Waals surface area contributed by atoms with Crippen molar-refractivity contribution in [1.82, 2.24) is 10.2 Å². The van der Waals surface area contributed by atoms with Gasteiger partial charge in [0, 0.05) is 12.7 Å². The molecule has 1 heterocycles. The van der Waals surface area contributed by atoms with Gasteiger partial charge in [-0.2, -0.15) is 5.10 Å². The molecular weight excluding hydrogens is 192 g/mol. The summed E-state index contributed by atoms with van der Waals surface area (Å²) < 4.78 is 4.68. The number of H-pyrrole nitrogens is 1. The van der Waals surface area contributed by atoms with E-state index in [0.717, 1.165) is 0 Å². The Labute approximate surface area is 78.3 Å². The molecule has 0 spiro atoms. The van der Waals surface area contributed by atoms with Gasteiger partial charge in [-0.25, -0.2) is 9.59 Å². The second kappa shape index (κ2) is 3.88. The van der Waals surface area contributed by atoms with E-state index in [2.05, 4.69) is 14.9 Å². The first-order valence-corrected chi connectivity index (χ1v) is 3.60. The number of methoxy groups -OCH3 is 1. The first-order chi connectivity index (χ1) is 6.57. The van der Waals surface area contributed by atoms with Gasteiger partial charge in [-0.05, 0) is 0 Å². The highest BCUT2D eigenvalue weighted by Gasteiger charge is 2.22. The van der Waals surface area contributed by atoms with Crippen molar-refractivity contribution in [2.45, 2.75) is 6.61 Å². The maximum Gasteiger partial charge on any atom is 0.356 e. The molecule has 1 aromatic rings. The maximum atomic E-state index is 10.6. The number of ether oxygens (including phenoxy) is 1. The van der Waals surface area contributed by atoms with E-state index in [4.69, 9.17) is 10.2 Å². The average Bonchev–Trinajstić information content (AvgIpc) is 2.48. The molecular formula is C7H8N2O5. The summed E-state index contributed by atoms with van der Waals surface area (Å²) in [5.41, 5.74) is -0.555. The van der Waals surface area contributed by atoms with E-state index in [9.17, 15) is 9.59 Å². The Balaban J connectivity index is 3.19. The number of rotatable bonds is 4. The zero-order valence-corrected chi connectivity index (χ0v) is 7.27. The summed E-state index contributed by atoms with van der Waals surface area (Å²) in [6, 6.07) is 0. The number of aromatic amines is 1. The molecule has 0 unspecified atom stereocenters. The zero-order valence-electron chi connectivity index (χ0n) is 7.27. The Kier molecular flexibility index (Phi) is 2.82. The molecule has 14 heavy (non-hydrogen) atoms. The molecule has 7 heteroatoms. The van der Waals surface area contributed by atoms with Gasteiger partial charge < -0.3 is 14.9 Å². The van der Waals surface area contributed by atoms with Crippen LogP contribution in [0.2, 0.25) is 0 Å². The lowest BCUT2D eigenvalue weighted by molar-refractivity contribution is 0.0683. The predicted octanol–water partition coefficient (Wildman–Crippen LogP) is -0.0475. The average molecular weight is 200 g/mol. The van der Waals surface area contributed by atoms with Crippen molar-refractivity contribution in [1.29, 1.82) is 0 Å². The van der Waals surface area contributed by atoms with Gasteiger partial charge in [0.1, 0.15) is 5.69 Å². The van der Waals surface area contributed by atoms with E-state index in [1.807, 2.05) is 0 Å². The smallest absolute Gasteiger partial charge is 0.356 e. The minimum Gasteiger partial charge on any atom is -0.477 e. The van der Waals surface area contributed by atoms with Gasteiger partial charge >= 0.3 is 11.9 Å². The van der Waals surface area contributed by atoms with Crippen molar-refractivity contribution < 1.29 is 24.5 Å². The third-order valence-corrected chi connectivity index (χ3v) is 1.57. The number of hydrogen-bond donors (Lipinski definition) is 3. The van der Waals surface area contributed by atoms with Gasteiger partial charge in [0.2, 0.25) is 0 Å². The number of carbonyl (C=O) groups is 2. The molecule has 7 nitrogen and oxygen atoms in total. The number of nitrogens with zero attached hydrogens (tertiary/aromatic N) is 1. The van der Waals surface area contributed by atoms with Crippen LogP contribution in [0, 0.1) is 0 Å². The van der Waals surface area contributed by atoms with Crippen molar-refractivity contribution in [3.05, 3.63) is 17.0 Å². The first-order valence-electron chi connectivity index (χ1n) is 3.60. The van der Waals surface area contributed by atoms with E-state index >= 15 is 0 Å². The lowest BCUT2D eigenvalue weighted by Crippen LogP contribution is -2.06. The fourth-order valence-corrected chi connectivity index (χ4v) is 1.00. The highest BCUT2D eigenvalue weighted by molar-refractivity contribution is 5.94. The Bertz CT molecular complexity index is 339. The van der Waals surface area contributed by atoms with Gasteiger partial charge in [-0.15, -0.1) is 0 Å². The van der Waals surface area contributed by atoms with Crippen molar-refractivity contribution in [2.75, 3.05) is 7.11 Å². The predicted molar refractivity (Wildman–Crippen MR) is 43.2 cm³/mol. The molecule has 0 saturated carbocycles. The van der Waals surface area contributed by atoms with Crippen LogP contribution < -0.4 is 0 Å². The molecule has 3 N–H and O–H groups in total. The molecule has 76 valence electrons. The number of carboxylic acids is 2. The molecule has 0 aliphatic carbocycles. The monoisotopic (exact) mass is 200 g/mol. The lowest BCUT2D eigenvalue weighted by Gasteiger charge is -1.98. The number of carboxylic acid groups (broad SMARTS) is 2. The quantitative estimate of drug-likeness (QED) is 0.628. The van der Waals surface area contributed by atoms with E-state index in [1.54, 1.807) is 0 Å². The summed E-state index contributed by atoms with van der Waals surface area (Å²) in [6.07, 6.45) is 0. The van der Waals surface area contributed by atoms with Crippen molar-refractivity contribution in [3.63, 3.8) is 0 Å². The highest BCUT2D eigenvalue weighted by Crippen LogP contribution is 2.12. The molecule has 0 fully saturated rings. The van der Waals surface area contributed by atoms with Gasteiger partial charge in [0.05, 0.1) is 6.61 Å². The van der Waals surface area contributed by atoms with Crippen molar-refractivity contribution in [3.8, 4) is 0 Å². The van der Waals surface area contributed by atoms with Crippen LogP contribution in [0.3, 0.4) is 0 Å². The van der Waals surface area contributed by atoms with Crippen molar-refractivity contribution >= 4 is 11.9 Å². The van der Waals surface area contributed by atoms with Crippen LogP contribution in [-0.2, 0) is 11.3 Å². The Hall–Kier alpha value is -1.89. The fraction of sp³-hybridized carbons (Fsp3) is 0.286. The van der Waals surface area contributed by atoms with Crippen LogP contribution in [0.15, 0.2) is 0 Å². The normalized spacial score (nSPS) is 10.1. The number of hydrogen-bond acceptors (Lipinski definition) is 4. The molecule has 0 amide bonds. The van der Waals surface area contributed by atoms with Crippen LogP contribution in [0.5, 0.6) is 0 Å². The molecule has 0 aliphatic heterocycles. The molecule has 1 rings (SSSR count). The van der Waals surface area contributed by atoms with Crippen LogP contribution in [0.25, 0.3) is 0 Å². The summed E-state index contributed by atoms with van der Waals surface area (Å²) in [4.78, 5) is 21.2. The highest BCUT2D eigenvalue weighted by atomic mass is 16.5. The standard InChI is InChI=1S/C7H8N2O5/c1-14-2-3-4(6(10)11)8-9-5(3)7(12)13/h2H2,1H3,(H,8,9)(H,10,11)(H,12,13). The second-order valence-electron chi connectivity index (χ2n) is 2.47. The Morgan fingerprint density at radius 2 is 2.07 bits per heavy atom. The van der Waals surface area contributed by atoms with Gasteiger partial charge in [-0.1, -0.05) is 0 Å². The fourth-order valence-electron chi connectivity index (χ4n) is 1.00. The third kappa shape index (κ3) is 1.72. The summed E-state index contributed by atoms with van der Waals surface area (Å²) in [6.45, 7) is -0.111. The third-order valence-electron chi connectivity index (χ3n) is 1.57. The summed E-state index contributed by atoms with van der Waals surface area (Å²) in [5, 5.41) is 22.8. The van der Waals surface area contributed by atoms with Crippen LogP contribution in [-0.4, -0.2) is 39.5 Å². The van der Waals surface area contributed by atoms with Crippen molar-refractivity contribution in [2.24, 2.45) is 0 Å². The van der Waals surface area contributed by atoms with E-state index in [1.165, 1.54) is 7.11 Å². The first kappa shape index (κ1) is 10.2. The maximum absolute atomic E-state index is 10.6. The summed E-state index contributed by atoms with van der Waals surface area (Å²) in [5.74, 6) is -2.56. The van der Waals surface area contributed by atoms with Gasteiger partial charge in [0.15, 0.2) is 5.69 Å². The molecule has 1 aromatic heterocycles. The number of aromatic nitrogens is 2. The lowest BCUT2D eigenvalue weighted by atomic mass is 10.2. The Morgan fingerprint density at radius 3 is 2.50 bits per heavy atom. The van der Waals surface area contributed by atoms with Gasteiger partial charge in [-0.3, -0.25) is 5.10 Å². The van der Waals surface area contributed by atoms with E-state index in [0.29, 0.717) is 0 Å². The van der Waals surface area contributed by atoms with E-state index < -0.39 is 11.9 Å².